The number of aromatic nitrogens is 2. The van der Waals surface area contributed by atoms with Gasteiger partial charge in [0.05, 0.1) is 6.54 Å². The van der Waals surface area contributed by atoms with Gasteiger partial charge < -0.3 is 25.3 Å². The molecule has 1 atom stereocenters. The highest BCUT2D eigenvalue weighted by Gasteiger charge is 2.46. The lowest BCUT2D eigenvalue weighted by atomic mass is 9.96. The molecule has 1 fully saturated rings. The van der Waals surface area contributed by atoms with Crippen molar-refractivity contribution < 1.29 is 14.4 Å². The molecule has 0 saturated carbocycles. The molecule has 188 valence electrons. The highest BCUT2D eigenvalue weighted by atomic mass is 16.2. The molecule has 1 aromatic heterocycles. The maximum Gasteiger partial charge on any atom is 0.272 e. The van der Waals surface area contributed by atoms with Crippen LogP contribution in [0, 0.1) is 0 Å². The van der Waals surface area contributed by atoms with E-state index in [1.807, 2.05) is 30.3 Å². The molecule has 3 amide bonds. The highest BCUT2D eigenvalue weighted by molar-refractivity contribution is 6.01. The van der Waals surface area contributed by atoms with Crippen molar-refractivity contribution >= 4 is 17.7 Å². The van der Waals surface area contributed by atoms with E-state index in [4.69, 9.17) is 0 Å². The Balaban J connectivity index is 1.34. The van der Waals surface area contributed by atoms with Crippen molar-refractivity contribution in [1.29, 1.82) is 0 Å². The Hall–Kier alpha value is -3.24. The summed E-state index contributed by atoms with van der Waals surface area (Å²) in [5, 5.41) is 10.2. The van der Waals surface area contributed by atoms with Gasteiger partial charge in [0.1, 0.15) is 11.2 Å². The molecular weight excluding hydrogens is 446 g/mol. The highest BCUT2D eigenvalue weighted by Crippen LogP contribution is 2.26. The Morgan fingerprint density at radius 1 is 1.06 bits per heavy atom. The van der Waals surface area contributed by atoms with E-state index in [2.05, 4.69) is 32.6 Å². The summed E-state index contributed by atoms with van der Waals surface area (Å²) in [5.74, 6) is -0.917. The predicted molar refractivity (Wildman–Crippen MR) is 132 cm³/mol. The summed E-state index contributed by atoms with van der Waals surface area (Å²) in [6, 6.07) is 11.1. The number of amides is 3. The van der Waals surface area contributed by atoms with Crippen LogP contribution in [0.5, 0.6) is 0 Å². The fourth-order valence-corrected chi connectivity index (χ4v) is 4.47. The van der Waals surface area contributed by atoms with Crippen LogP contribution >= 0.6 is 0 Å². The van der Waals surface area contributed by atoms with Crippen LogP contribution in [0.15, 0.2) is 36.4 Å². The fraction of sp³-hybridized carbons (Fsp3) is 0.520. The fourth-order valence-electron chi connectivity index (χ4n) is 4.47. The topological polar surface area (TPSA) is 103 Å². The summed E-state index contributed by atoms with van der Waals surface area (Å²) in [4.78, 5) is 45.0. The maximum absolute atomic E-state index is 13.1. The Labute approximate surface area is 206 Å². The standard InChI is InChI=1S/C25H35N7O3/c1-25(24(35)27-17-19-8-5-4-6-9-19)18-32-21(23(34)30(25)3)16-20(28-32)22(33)26-10-7-11-31-14-12-29(2)13-15-31/h4-6,8-9,16H,7,10-15,17-18H2,1-3H3,(H,26,33)(H,27,35). The van der Waals surface area contributed by atoms with Crippen LogP contribution in [0.3, 0.4) is 0 Å². The number of carbonyl (C=O) groups is 3. The largest absolute Gasteiger partial charge is 0.351 e. The Morgan fingerprint density at radius 2 is 1.77 bits per heavy atom. The first-order chi connectivity index (χ1) is 16.8. The van der Waals surface area contributed by atoms with Crippen LogP contribution in [0.4, 0.5) is 0 Å². The number of carbonyl (C=O) groups excluding carboxylic acids is 3. The molecule has 0 spiro atoms. The van der Waals surface area contributed by atoms with Gasteiger partial charge in [-0.25, -0.2) is 0 Å². The summed E-state index contributed by atoms with van der Waals surface area (Å²) in [5.41, 5.74) is 0.348. The Kier molecular flexibility index (Phi) is 7.51. The number of likely N-dealkylation sites (N-methyl/N-ethyl adjacent to an activating group) is 2. The second-order valence-electron chi connectivity index (χ2n) is 9.63. The van der Waals surface area contributed by atoms with E-state index in [-0.39, 0.29) is 30.0 Å². The second kappa shape index (κ2) is 10.6. The van der Waals surface area contributed by atoms with E-state index >= 15 is 0 Å². The van der Waals surface area contributed by atoms with Gasteiger partial charge >= 0.3 is 0 Å². The van der Waals surface area contributed by atoms with Crippen molar-refractivity contribution in [3.05, 3.63) is 53.3 Å². The van der Waals surface area contributed by atoms with Crippen molar-refractivity contribution in [2.24, 2.45) is 0 Å². The normalized spacial score (nSPS) is 21.0. The van der Waals surface area contributed by atoms with Gasteiger partial charge in [-0.05, 0) is 32.5 Å². The summed E-state index contributed by atoms with van der Waals surface area (Å²) in [7, 11) is 3.74. The smallest absolute Gasteiger partial charge is 0.272 e. The maximum atomic E-state index is 13.1. The summed E-state index contributed by atoms with van der Waals surface area (Å²) >= 11 is 0. The molecule has 4 rings (SSSR count). The van der Waals surface area contributed by atoms with Crippen LogP contribution in [-0.2, 0) is 17.9 Å². The average Bonchev–Trinajstić information content (AvgIpc) is 3.29. The van der Waals surface area contributed by atoms with Crippen molar-refractivity contribution in [2.75, 3.05) is 53.4 Å². The van der Waals surface area contributed by atoms with E-state index < -0.39 is 5.54 Å². The van der Waals surface area contributed by atoms with Gasteiger partial charge in [0.15, 0.2) is 5.69 Å². The predicted octanol–water partition coefficient (Wildman–Crippen LogP) is 0.411. The SMILES string of the molecule is CN1CCN(CCCNC(=O)c2cc3n(n2)CC(C)(C(=O)NCc2ccccc2)N(C)C3=O)CC1. The molecule has 1 unspecified atom stereocenters. The number of hydrogen-bond acceptors (Lipinski definition) is 6. The van der Waals surface area contributed by atoms with Crippen LogP contribution < -0.4 is 10.6 Å². The second-order valence-corrected chi connectivity index (χ2v) is 9.63. The summed E-state index contributed by atoms with van der Waals surface area (Å²) in [6.45, 7) is 7.96. The average molecular weight is 482 g/mol. The molecule has 2 aliphatic heterocycles. The lowest BCUT2D eigenvalue weighted by molar-refractivity contribution is -0.132. The molecule has 2 aromatic rings. The molecule has 0 bridgehead atoms. The van der Waals surface area contributed by atoms with E-state index in [0.29, 0.717) is 18.8 Å². The van der Waals surface area contributed by atoms with E-state index in [0.717, 1.165) is 44.7 Å². The van der Waals surface area contributed by atoms with Crippen LogP contribution in [0.2, 0.25) is 0 Å². The van der Waals surface area contributed by atoms with Gasteiger partial charge in [-0.3, -0.25) is 19.1 Å². The van der Waals surface area contributed by atoms with Crippen LogP contribution in [0.1, 0.15) is 39.9 Å². The molecule has 0 radical (unpaired) electrons. The van der Waals surface area contributed by atoms with Gasteiger partial charge in [-0.1, -0.05) is 30.3 Å². The first kappa shape index (κ1) is 24.9. The summed E-state index contributed by atoms with van der Waals surface area (Å²) < 4.78 is 1.48. The molecule has 2 N–H and O–H groups in total. The van der Waals surface area contributed by atoms with Crippen molar-refractivity contribution in [3.63, 3.8) is 0 Å². The first-order valence-corrected chi connectivity index (χ1v) is 12.2. The lowest BCUT2D eigenvalue weighted by Gasteiger charge is -2.40. The third-order valence-electron chi connectivity index (χ3n) is 7.05. The third kappa shape index (κ3) is 5.54. The zero-order valence-corrected chi connectivity index (χ0v) is 20.8. The number of hydrogen-bond donors (Lipinski definition) is 2. The Morgan fingerprint density at radius 3 is 2.49 bits per heavy atom. The van der Waals surface area contributed by atoms with Crippen molar-refractivity contribution in [1.82, 2.24) is 35.1 Å². The van der Waals surface area contributed by atoms with Crippen molar-refractivity contribution in [3.8, 4) is 0 Å². The molecule has 3 heterocycles. The minimum absolute atomic E-state index is 0.169. The van der Waals surface area contributed by atoms with E-state index in [1.165, 1.54) is 15.6 Å². The van der Waals surface area contributed by atoms with Gasteiger partial charge in [-0.15, -0.1) is 0 Å². The van der Waals surface area contributed by atoms with Crippen LogP contribution in [-0.4, -0.2) is 101 Å². The number of piperazine rings is 1. The van der Waals surface area contributed by atoms with Crippen molar-refractivity contribution in [2.45, 2.75) is 32.0 Å². The van der Waals surface area contributed by atoms with Gasteiger partial charge in [-0.2, -0.15) is 5.10 Å². The monoisotopic (exact) mass is 481 g/mol. The summed E-state index contributed by atoms with van der Waals surface area (Å²) in [6.07, 6.45) is 0.852. The molecule has 1 saturated heterocycles. The number of nitrogens with one attached hydrogen (secondary N) is 2. The number of rotatable bonds is 8. The molecular formula is C25H35N7O3. The Bertz CT molecular complexity index is 1060. The molecule has 10 nitrogen and oxygen atoms in total. The number of nitrogens with zero attached hydrogens (tertiary/aromatic N) is 5. The van der Waals surface area contributed by atoms with Gasteiger partial charge in [0.25, 0.3) is 11.8 Å². The minimum atomic E-state index is -1.12. The minimum Gasteiger partial charge on any atom is -0.351 e. The third-order valence-corrected chi connectivity index (χ3v) is 7.05. The number of benzene rings is 1. The number of fused-ring (bicyclic) bond motifs is 1. The van der Waals surface area contributed by atoms with Crippen LogP contribution in [0.25, 0.3) is 0 Å². The molecule has 35 heavy (non-hydrogen) atoms. The zero-order valence-electron chi connectivity index (χ0n) is 20.8. The molecule has 1 aromatic carbocycles. The van der Waals surface area contributed by atoms with Gasteiger partial charge in [0, 0.05) is 52.4 Å². The van der Waals surface area contributed by atoms with Gasteiger partial charge in [0.2, 0.25) is 5.91 Å². The van der Waals surface area contributed by atoms with E-state index in [9.17, 15) is 14.4 Å². The molecule has 2 aliphatic rings. The zero-order chi connectivity index (χ0) is 25.0. The molecule has 10 heteroatoms. The van der Waals surface area contributed by atoms with E-state index in [1.54, 1.807) is 14.0 Å². The quantitative estimate of drug-likeness (QED) is 0.530. The first-order valence-electron chi connectivity index (χ1n) is 12.2. The molecule has 0 aliphatic carbocycles. The lowest BCUT2D eigenvalue weighted by Crippen LogP contribution is -2.62.